The van der Waals surface area contributed by atoms with Crippen LogP contribution in [0.5, 0.6) is 0 Å². The lowest BCUT2D eigenvalue weighted by molar-refractivity contribution is -0.143. The first-order valence-electron chi connectivity index (χ1n) is 13.2. The summed E-state index contributed by atoms with van der Waals surface area (Å²) >= 11 is 0. The van der Waals surface area contributed by atoms with E-state index in [-0.39, 0.29) is 17.9 Å². The van der Waals surface area contributed by atoms with Gasteiger partial charge in [-0.2, -0.15) is 0 Å². The fraction of sp³-hybridized carbons (Fsp3) is 0.852. The molecule has 0 saturated heterocycles. The van der Waals surface area contributed by atoms with Gasteiger partial charge in [-0.15, -0.1) is 0 Å². The third-order valence-electron chi connectivity index (χ3n) is 6.41. The minimum Gasteiger partial charge on any atom is -0.462 e. The Hall–Kier alpha value is -1.32. The molecule has 31 heavy (non-hydrogen) atoms. The lowest BCUT2D eigenvalue weighted by Crippen LogP contribution is -2.23. The largest absolute Gasteiger partial charge is 0.462 e. The maximum Gasteiger partial charge on any atom is 0.334 e. The zero-order valence-corrected chi connectivity index (χ0v) is 20.6. The first-order valence-corrected chi connectivity index (χ1v) is 13.2. The summed E-state index contributed by atoms with van der Waals surface area (Å²) in [6, 6.07) is 0. The van der Waals surface area contributed by atoms with Crippen LogP contribution in [0.4, 0.5) is 0 Å². The van der Waals surface area contributed by atoms with Crippen molar-refractivity contribution in [3.05, 3.63) is 11.1 Å². The standard InChI is InChI=1S/C27H48O4/c1-4-6-8-10-12-17-21-30-26(28)23(3)25(24-19-15-14-16-20-24)27(29)31-22-18-13-11-9-7-5-2/h24H,4-22H2,1-3H3/b25-23-. The number of hydrogen-bond acceptors (Lipinski definition) is 4. The van der Waals surface area contributed by atoms with Gasteiger partial charge in [0, 0.05) is 5.57 Å². The minimum atomic E-state index is -0.342. The van der Waals surface area contributed by atoms with Gasteiger partial charge in [0.25, 0.3) is 0 Å². The third kappa shape index (κ3) is 12.3. The highest BCUT2D eigenvalue weighted by atomic mass is 16.5. The summed E-state index contributed by atoms with van der Waals surface area (Å²) in [5.74, 6) is -0.507. The number of ether oxygens (including phenoxy) is 2. The summed E-state index contributed by atoms with van der Waals surface area (Å²) in [5.41, 5.74) is 1.05. The van der Waals surface area contributed by atoms with Crippen molar-refractivity contribution in [3.63, 3.8) is 0 Å². The van der Waals surface area contributed by atoms with Crippen molar-refractivity contribution < 1.29 is 19.1 Å². The van der Waals surface area contributed by atoms with Gasteiger partial charge in [-0.25, -0.2) is 9.59 Å². The molecule has 0 atom stereocenters. The van der Waals surface area contributed by atoms with E-state index in [9.17, 15) is 9.59 Å². The van der Waals surface area contributed by atoms with Crippen LogP contribution in [0.15, 0.2) is 11.1 Å². The second-order valence-electron chi connectivity index (χ2n) is 9.18. The van der Waals surface area contributed by atoms with E-state index in [2.05, 4.69) is 13.8 Å². The normalized spacial score (nSPS) is 15.5. The van der Waals surface area contributed by atoms with Crippen molar-refractivity contribution in [2.45, 2.75) is 130 Å². The van der Waals surface area contributed by atoms with Crippen molar-refractivity contribution in [2.75, 3.05) is 13.2 Å². The molecule has 0 aliphatic heterocycles. The van der Waals surface area contributed by atoms with Crippen molar-refractivity contribution in [1.29, 1.82) is 0 Å². The molecule has 0 aromatic carbocycles. The van der Waals surface area contributed by atoms with Gasteiger partial charge in [0.15, 0.2) is 0 Å². The number of esters is 2. The average Bonchev–Trinajstić information content (AvgIpc) is 2.78. The molecule has 0 unspecified atom stereocenters. The number of carbonyl (C=O) groups excluding carboxylic acids is 2. The predicted molar refractivity (Wildman–Crippen MR) is 128 cm³/mol. The van der Waals surface area contributed by atoms with Gasteiger partial charge >= 0.3 is 11.9 Å². The van der Waals surface area contributed by atoms with Crippen LogP contribution in [0.25, 0.3) is 0 Å². The summed E-state index contributed by atoms with van der Waals surface area (Å²) in [6.45, 7) is 7.05. The Balaban J connectivity index is 2.54. The molecule has 0 aromatic heterocycles. The molecule has 0 aromatic rings. The molecule has 1 aliphatic carbocycles. The van der Waals surface area contributed by atoms with E-state index in [0.717, 1.165) is 51.4 Å². The summed E-state index contributed by atoms with van der Waals surface area (Å²) in [6.07, 6.45) is 19.2. The zero-order chi connectivity index (χ0) is 22.7. The molecule has 4 nitrogen and oxygen atoms in total. The molecule has 0 radical (unpaired) electrons. The van der Waals surface area contributed by atoms with Gasteiger partial charge in [-0.1, -0.05) is 97.3 Å². The van der Waals surface area contributed by atoms with Crippen LogP contribution >= 0.6 is 0 Å². The molecule has 1 aliphatic rings. The fourth-order valence-electron chi connectivity index (χ4n) is 4.41. The van der Waals surface area contributed by atoms with Gasteiger partial charge in [-0.3, -0.25) is 0 Å². The molecular formula is C27H48O4. The van der Waals surface area contributed by atoms with Crippen LogP contribution < -0.4 is 0 Å². The Bertz CT molecular complexity index is 517. The molecule has 4 heteroatoms. The summed E-state index contributed by atoms with van der Waals surface area (Å²) in [5, 5.41) is 0. The highest BCUT2D eigenvalue weighted by molar-refractivity contribution is 6.00. The Morgan fingerprint density at radius 3 is 1.61 bits per heavy atom. The van der Waals surface area contributed by atoms with Crippen LogP contribution in [0.3, 0.4) is 0 Å². The van der Waals surface area contributed by atoms with E-state index in [1.807, 2.05) is 0 Å². The lowest BCUT2D eigenvalue weighted by atomic mass is 9.82. The van der Waals surface area contributed by atoms with Crippen molar-refractivity contribution >= 4 is 11.9 Å². The van der Waals surface area contributed by atoms with Gasteiger partial charge in [0.2, 0.25) is 0 Å². The van der Waals surface area contributed by atoms with Gasteiger partial charge in [0.05, 0.1) is 18.8 Å². The molecule has 0 heterocycles. The SMILES string of the molecule is CCCCCCCCOC(=O)/C(C)=C(\C(=O)OCCCCCCCC)C1CCCCC1. The maximum atomic E-state index is 12.9. The second-order valence-corrected chi connectivity index (χ2v) is 9.18. The summed E-state index contributed by atoms with van der Waals surface area (Å²) < 4.78 is 11.1. The Morgan fingerprint density at radius 2 is 1.10 bits per heavy atom. The number of rotatable bonds is 17. The third-order valence-corrected chi connectivity index (χ3v) is 6.41. The average molecular weight is 437 g/mol. The van der Waals surface area contributed by atoms with E-state index in [0.29, 0.717) is 24.4 Å². The topological polar surface area (TPSA) is 52.6 Å². The number of hydrogen-bond donors (Lipinski definition) is 0. The van der Waals surface area contributed by atoms with E-state index in [1.165, 1.54) is 57.8 Å². The Labute approximate surface area is 191 Å². The molecule has 180 valence electrons. The molecule has 0 N–H and O–H groups in total. The molecule has 0 bridgehead atoms. The smallest absolute Gasteiger partial charge is 0.334 e. The van der Waals surface area contributed by atoms with Crippen LogP contribution in [0, 0.1) is 5.92 Å². The van der Waals surface area contributed by atoms with Crippen molar-refractivity contribution in [3.8, 4) is 0 Å². The molecule has 1 fully saturated rings. The fourth-order valence-corrected chi connectivity index (χ4v) is 4.41. The van der Waals surface area contributed by atoms with Crippen LogP contribution in [0.2, 0.25) is 0 Å². The van der Waals surface area contributed by atoms with Crippen molar-refractivity contribution in [2.24, 2.45) is 5.92 Å². The zero-order valence-electron chi connectivity index (χ0n) is 20.6. The summed E-state index contributed by atoms with van der Waals surface area (Å²) in [7, 11) is 0. The molecule has 1 saturated carbocycles. The van der Waals surface area contributed by atoms with Crippen LogP contribution in [0.1, 0.15) is 130 Å². The van der Waals surface area contributed by atoms with Gasteiger partial charge < -0.3 is 9.47 Å². The number of carbonyl (C=O) groups is 2. The molecular weight excluding hydrogens is 388 g/mol. The van der Waals surface area contributed by atoms with Gasteiger partial charge in [0.1, 0.15) is 0 Å². The second kappa shape index (κ2) is 18.3. The summed E-state index contributed by atoms with van der Waals surface area (Å²) in [4.78, 5) is 25.6. The van der Waals surface area contributed by atoms with Crippen LogP contribution in [-0.2, 0) is 19.1 Å². The van der Waals surface area contributed by atoms with E-state index < -0.39 is 0 Å². The lowest BCUT2D eigenvalue weighted by Gasteiger charge is -2.25. The Morgan fingerprint density at radius 1 is 0.645 bits per heavy atom. The maximum absolute atomic E-state index is 12.9. The predicted octanol–water partition coefficient (Wildman–Crippen LogP) is 7.69. The quantitative estimate of drug-likeness (QED) is 0.133. The number of unbranched alkanes of at least 4 members (excludes halogenated alkanes) is 10. The monoisotopic (exact) mass is 436 g/mol. The molecule has 1 rings (SSSR count). The first kappa shape index (κ1) is 27.7. The highest BCUT2D eigenvalue weighted by Gasteiger charge is 2.29. The van der Waals surface area contributed by atoms with E-state index >= 15 is 0 Å². The van der Waals surface area contributed by atoms with Gasteiger partial charge in [-0.05, 0) is 38.5 Å². The minimum absolute atomic E-state index is 0.132. The molecule has 0 amide bonds. The molecule has 0 spiro atoms. The highest BCUT2D eigenvalue weighted by Crippen LogP contribution is 2.32. The first-order chi connectivity index (χ1) is 15.1. The van der Waals surface area contributed by atoms with E-state index in [4.69, 9.17) is 9.47 Å². The van der Waals surface area contributed by atoms with Crippen molar-refractivity contribution in [1.82, 2.24) is 0 Å². The Kier molecular flexibility index (Phi) is 16.3. The van der Waals surface area contributed by atoms with Crippen LogP contribution in [-0.4, -0.2) is 25.2 Å². The van der Waals surface area contributed by atoms with E-state index in [1.54, 1.807) is 6.92 Å².